The third-order valence-corrected chi connectivity index (χ3v) is 3.94. The highest BCUT2D eigenvalue weighted by Crippen LogP contribution is 2.26. The van der Waals surface area contributed by atoms with Crippen molar-refractivity contribution in [1.82, 2.24) is 5.32 Å². The molecule has 1 aromatic carbocycles. The second-order valence-electron chi connectivity index (χ2n) is 5.08. The summed E-state index contributed by atoms with van der Waals surface area (Å²) in [6.45, 7) is 5.57. The molecule has 1 aromatic heterocycles. The number of furan rings is 1. The van der Waals surface area contributed by atoms with Crippen molar-refractivity contribution in [3.05, 3.63) is 35.3 Å². The average molecular weight is 287 g/mol. The summed E-state index contributed by atoms with van der Waals surface area (Å²) in [4.78, 5) is 12.4. The molecular weight excluding hydrogens is 269 g/mol. The van der Waals surface area contributed by atoms with E-state index in [-0.39, 0.29) is 17.5 Å². The fraction of sp³-hybridized carbons (Fsp3) is 0.353. The van der Waals surface area contributed by atoms with Gasteiger partial charge in [0.25, 0.3) is 5.91 Å². The van der Waals surface area contributed by atoms with Gasteiger partial charge in [-0.25, -0.2) is 4.39 Å². The molecule has 0 aliphatic heterocycles. The molecule has 4 heteroatoms. The van der Waals surface area contributed by atoms with E-state index in [4.69, 9.17) is 10.8 Å². The van der Waals surface area contributed by atoms with Crippen molar-refractivity contribution in [2.45, 2.75) is 39.2 Å². The first-order chi connectivity index (χ1) is 9.96. The molecule has 0 radical (unpaired) electrons. The minimum atomic E-state index is -0.687. The monoisotopic (exact) mass is 287 g/mol. The number of hydrogen-bond acceptors (Lipinski definition) is 2. The number of benzene rings is 1. The Hall–Kier alpha value is -2.28. The molecule has 0 saturated heterocycles. The Morgan fingerprint density at radius 2 is 2.10 bits per heavy atom. The number of halogens is 1. The third kappa shape index (κ3) is 2.64. The van der Waals surface area contributed by atoms with Crippen molar-refractivity contribution in [3.63, 3.8) is 0 Å². The van der Waals surface area contributed by atoms with Crippen molar-refractivity contribution < 1.29 is 13.6 Å². The van der Waals surface area contributed by atoms with Crippen LogP contribution in [0.5, 0.6) is 0 Å². The van der Waals surface area contributed by atoms with Gasteiger partial charge in [-0.05, 0) is 38.0 Å². The Morgan fingerprint density at radius 1 is 1.43 bits per heavy atom. The molecule has 0 spiro atoms. The quantitative estimate of drug-likeness (QED) is 0.869. The number of carbonyl (C=O) groups excluding carboxylic acids is 1. The molecular formula is C17H18FNO2. The minimum absolute atomic E-state index is 0.178. The van der Waals surface area contributed by atoms with Crippen molar-refractivity contribution in [1.29, 1.82) is 0 Å². The van der Waals surface area contributed by atoms with Gasteiger partial charge in [-0.1, -0.05) is 19.8 Å². The molecule has 0 aliphatic carbocycles. The highest BCUT2D eigenvalue weighted by Gasteiger charge is 2.28. The zero-order chi connectivity index (χ0) is 15.6. The summed E-state index contributed by atoms with van der Waals surface area (Å²) in [6.07, 6.45) is 6.79. The van der Waals surface area contributed by atoms with Gasteiger partial charge in [0.1, 0.15) is 16.9 Å². The number of aryl methyl sites for hydroxylation is 1. The number of terminal acetylenes is 1. The van der Waals surface area contributed by atoms with Gasteiger partial charge < -0.3 is 9.73 Å². The predicted octanol–water partition coefficient (Wildman–Crippen LogP) is 3.80. The van der Waals surface area contributed by atoms with E-state index >= 15 is 0 Å². The molecule has 0 saturated carbocycles. The number of carbonyl (C=O) groups is 1. The number of nitrogens with one attached hydrogen (secondary N) is 1. The van der Waals surface area contributed by atoms with E-state index in [2.05, 4.69) is 11.2 Å². The summed E-state index contributed by atoms with van der Waals surface area (Å²) >= 11 is 0. The third-order valence-electron chi connectivity index (χ3n) is 3.94. The molecule has 1 amide bonds. The van der Waals surface area contributed by atoms with Gasteiger partial charge in [0.2, 0.25) is 0 Å². The van der Waals surface area contributed by atoms with Gasteiger partial charge in [-0.15, -0.1) is 6.42 Å². The fourth-order valence-electron chi connectivity index (χ4n) is 2.35. The molecule has 0 atom stereocenters. The SMILES string of the molecule is C#CC(CC)(CC)NC(=O)c1oc2ccc(F)cc2c1C. The lowest BCUT2D eigenvalue weighted by atomic mass is 9.93. The van der Waals surface area contributed by atoms with E-state index in [1.165, 1.54) is 18.2 Å². The fourth-order valence-corrected chi connectivity index (χ4v) is 2.35. The van der Waals surface area contributed by atoms with E-state index in [0.29, 0.717) is 29.4 Å². The lowest BCUT2D eigenvalue weighted by molar-refractivity contribution is 0.0889. The van der Waals surface area contributed by atoms with Crippen LogP contribution in [0.25, 0.3) is 11.0 Å². The normalized spacial score (nSPS) is 11.4. The number of fused-ring (bicyclic) bond motifs is 1. The second-order valence-corrected chi connectivity index (χ2v) is 5.08. The number of amides is 1. The van der Waals surface area contributed by atoms with Crippen LogP contribution in [0.3, 0.4) is 0 Å². The molecule has 0 bridgehead atoms. The predicted molar refractivity (Wildman–Crippen MR) is 80.5 cm³/mol. The first-order valence-corrected chi connectivity index (χ1v) is 6.95. The minimum Gasteiger partial charge on any atom is -0.451 e. The van der Waals surface area contributed by atoms with Gasteiger partial charge in [-0.3, -0.25) is 4.79 Å². The smallest absolute Gasteiger partial charge is 0.288 e. The zero-order valence-electron chi connectivity index (χ0n) is 12.4. The summed E-state index contributed by atoms with van der Waals surface area (Å²) in [5.41, 5.74) is 0.409. The largest absolute Gasteiger partial charge is 0.451 e. The Bertz CT molecular complexity index is 720. The molecule has 2 aromatic rings. The van der Waals surface area contributed by atoms with Crippen molar-refractivity contribution in [2.75, 3.05) is 0 Å². The second kappa shape index (κ2) is 5.61. The van der Waals surface area contributed by atoms with Crippen LogP contribution in [0.2, 0.25) is 0 Å². The topological polar surface area (TPSA) is 42.2 Å². The molecule has 1 N–H and O–H groups in total. The Kier molecular flexibility index (Phi) is 4.04. The number of rotatable bonds is 4. The summed E-state index contributed by atoms with van der Waals surface area (Å²) in [6, 6.07) is 4.18. The standard InChI is InChI=1S/C17H18FNO2/c1-5-17(6-2,7-3)19-16(20)15-11(4)13-10-12(18)8-9-14(13)21-15/h1,8-10H,6-7H2,2-4H3,(H,19,20). The molecule has 1 heterocycles. The molecule has 0 fully saturated rings. The van der Waals surface area contributed by atoms with E-state index in [9.17, 15) is 9.18 Å². The van der Waals surface area contributed by atoms with Gasteiger partial charge >= 0.3 is 0 Å². The number of hydrogen-bond donors (Lipinski definition) is 1. The van der Waals surface area contributed by atoms with Crippen LogP contribution >= 0.6 is 0 Å². The molecule has 0 unspecified atom stereocenters. The summed E-state index contributed by atoms with van der Waals surface area (Å²) in [5, 5.41) is 3.45. The lowest BCUT2D eigenvalue weighted by Crippen LogP contribution is -2.46. The van der Waals surface area contributed by atoms with E-state index in [1.807, 2.05) is 13.8 Å². The van der Waals surface area contributed by atoms with Gasteiger partial charge in [0.15, 0.2) is 5.76 Å². The van der Waals surface area contributed by atoms with Gasteiger partial charge in [-0.2, -0.15) is 0 Å². The summed E-state index contributed by atoms with van der Waals surface area (Å²) < 4.78 is 18.8. The maximum Gasteiger partial charge on any atom is 0.288 e. The average Bonchev–Trinajstić information content (AvgIpc) is 2.82. The summed E-state index contributed by atoms with van der Waals surface area (Å²) in [7, 11) is 0. The zero-order valence-corrected chi connectivity index (χ0v) is 12.4. The van der Waals surface area contributed by atoms with Crippen molar-refractivity contribution >= 4 is 16.9 Å². The van der Waals surface area contributed by atoms with E-state index in [1.54, 1.807) is 6.92 Å². The van der Waals surface area contributed by atoms with Crippen LogP contribution in [0.4, 0.5) is 4.39 Å². The Morgan fingerprint density at radius 3 is 2.67 bits per heavy atom. The van der Waals surface area contributed by atoms with Crippen LogP contribution in [0.1, 0.15) is 42.8 Å². The lowest BCUT2D eigenvalue weighted by Gasteiger charge is -2.26. The van der Waals surface area contributed by atoms with Crippen LogP contribution in [-0.2, 0) is 0 Å². The molecule has 2 rings (SSSR count). The van der Waals surface area contributed by atoms with Crippen LogP contribution in [0, 0.1) is 25.1 Å². The Labute approximate surface area is 123 Å². The maximum absolute atomic E-state index is 13.3. The van der Waals surface area contributed by atoms with E-state index in [0.717, 1.165) is 0 Å². The van der Waals surface area contributed by atoms with Crippen molar-refractivity contribution in [3.8, 4) is 12.3 Å². The first-order valence-electron chi connectivity index (χ1n) is 6.95. The van der Waals surface area contributed by atoms with Crippen LogP contribution in [0.15, 0.2) is 22.6 Å². The van der Waals surface area contributed by atoms with E-state index < -0.39 is 5.54 Å². The highest BCUT2D eigenvalue weighted by atomic mass is 19.1. The molecule has 110 valence electrons. The van der Waals surface area contributed by atoms with Gasteiger partial charge in [0.05, 0.1) is 0 Å². The molecule has 0 aliphatic rings. The van der Waals surface area contributed by atoms with Crippen LogP contribution in [-0.4, -0.2) is 11.4 Å². The Balaban J connectivity index is 2.41. The first kappa shape index (κ1) is 15.1. The maximum atomic E-state index is 13.3. The summed E-state index contributed by atoms with van der Waals surface area (Å²) in [5.74, 6) is 2.09. The molecule has 21 heavy (non-hydrogen) atoms. The van der Waals surface area contributed by atoms with Gasteiger partial charge in [0, 0.05) is 10.9 Å². The van der Waals surface area contributed by atoms with Crippen molar-refractivity contribution in [2.24, 2.45) is 0 Å². The molecule has 3 nitrogen and oxygen atoms in total. The van der Waals surface area contributed by atoms with Crippen LogP contribution < -0.4 is 5.32 Å². The highest BCUT2D eigenvalue weighted by molar-refractivity contribution is 5.99.